The molecule has 2 rings (SSSR count). The van der Waals surface area contributed by atoms with Crippen LogP contribution < -0.4 is 4.74 Å². The molecule has 1 aromatic carbocycles. The van der Waals surface area contributed by atoms with Crippen LogP contribution in [0.1, 0.15) is 36.0 Å². The number of rotatable bonds is 4. The Kier molecular flexibility index (Phi) is 3.28. The lowest BCUT2D eigenvalue weighted by Crippen LogP contribution is -2.16. The zero-order valence-electron chi connectivity index (χ0n) is 10.8. The maximum Gasteiger partial charge on any atom is 0.304 e. The van der Waals surface area contributed by atoms with Crippen molar-refractivity contribution < 1.29 is 14.6 Å². The normalized spacial score (nSPS) is 16.4. The average molecular weight is 269 g/mol. The van der Waals surface area contributed by atoms with Gasteiger partial charge < -0.3 is 9.84 Å². The molecule has 1 aliphatic rings. The molecule has 0 amide bonds. The van der Waals surface area contributed by atoms with Crippen molar-refractivity contribution in [3.05, 3.63) is 27.8 Å². The van der Waals surface area contributed by atoms with Crippen LogP contribution >= 0.6 is 11.6 Å². The van der Waals surface area contributed by atoms with Crippen molar-refractivity contribution in [2.45, 2.75) is 38.5 Å². The number of carboxylic acids is 1. The van der Waals surface area contributed by atoms with Crippen molar-refractivity contribution >= 4 is 17.6 Å². The number of ether oxygens (including phenoxy) is 1. The molecule has 3 nitrogen and oxygen atoms in total. The van der Waals surface area contributed by atoms with E-state index in [1.54, 1.807) is 7.11 Å². The molecule has 1 N–H and O–H groups in total. The minimum atomic E-state index is -0.773. The van der Waals surface area contributed by atoms with Crippen LogP contribution in [0.25, 0.3) is 0 Å². The molecule has 0 heterocycles. The van der Waals surface area contributed by atoms with Gasteiger partial charge in [-0.05, 0) is 37.8 Å². The van der Waals surface area contributed by atoms with Gasteiger partial charge in [-0.15, -0.1) is 0 Å². The number of hydrogen-bond acceptors (Lipinski definition) is 2. The fourth-order valence-electron chi connectivity index (χ4n) is 2.73. The third kappa shape index (κ3) is 2.07. The number of hydrogen-bond donors (Lipinski definition) is 1. The van der Waals surface area contributed by atoms with E-state index in [4.69, 9.17) is 21.4 Å². The van der Waals surface area contributed by atoms with Gasteiger partial charge in [-0.2, -0.15) is 0 Å². The summed E-state index contributed by atoms with van der Waals surface area (Å²) in [6.07, 6.45) is 1.91. The minimum absolute atomic E-state index is 0.142. The summed E-state index contributed by atoms with van der Waals surface area (Å²) in [5.74, 6) is -0.126. The van der Waals surface area contributed by atoms with Gasteiger partial charge in [0, 0.05) is 11.0 Å². The van der Waals surface area contributed by atoms with E-state index < -0.39 is 5.97 Å². The summed E-state index contributed by atoms with van der Waals surface area (Å²) >= 11 is 6.27. The van der Waals surface area contributed by atoms with Gasteiger partial charge in [-0.3, -0.25) is 4.79 Å². The summed E-state index contributed by atoms with van der Waals surface area (Å²) < 4.78 is 5.42. The molecular weight excluding hydrogens is 252 g/mol. The number of aliphatic carboxylic acids is 1. The number of carbonyl (C=O) groups is 1. The van der Waals surface area contributed by atoms with Crippen LogP contribution in [0.2, 0.25) is 5.02 Å². The van der Waals surface area contributed by atoms with E-state index in [1.807, 2.05) is 19.9 Å². The van der Waals surface area contributed by atoms with Crippen LogP contribution in [0.4, 0.5) is 0 Å². The van der Waals surface area contributed by atoms with Crippen LogP contribution in [-0.2, 0) is 10.2 Å². The summed E-state index contributed by atoms with van der Waals surface area (Å²) in [4.78, 5) is 11.0. The minimum Gasteiger partial charge on any atom is -0.495 e. The third-order valence-electron chi connectivity index (χ3n) is 3.68. The van der Waals surface area contributed by atoms with Gasteiger partial charge in [-0.25, -0.2) is 0 Å². The second-order valence-corrected chi connectivity index (χ2v) is 5.46. The maximum atomic E-state index is 11.0. The van der Waals surface area contributed by atoms with Crippen molar-refractivity contribution in [2.24, 2.45) is 0 Å². The fourth-order valence-corrected chi connectivity index (χ4v) is 2.96. The van der Waals surface area contributed by atoms with Gasteiger partial charge in [0.15, 0.2) is 0 Å². The molecule has 98 valence electrons. The summed E-state index contributed by atoms with van der Waals surface area (Å²) in [6.45, 7) is 3.92. The maximum absolute atomic E-state index is 11.0. The van der Waals surface area contributed by atoms with Crippen molar-refractivity contribution in [1.29, 1.82) is 0 Å². The van der Waals surface area contributed by atoms with Crippen molar-refractivity contribution in [2.75, 3.05) is 7.11 Å². The molecule has 1 aliphatic carbocycles. The SMILES string of the molecule is COc1c(Cl)c(C)cc(C)c1C1(CC(=O)O)CC1. The number of carboxylic acid groups (broad SMARTS) is 1. The first-order valence-electron chi connectivity index (χ1n) is 5.97. The number of halogens is 1. The van der Waals surface area contributed by atoms with Crippen molar-refractivity contribution in [1.82, 2.24) is 0 Å². The second-order valence-electron chi connectivity index (χ2n) is 5.08. The molecule has 0 aromatic heterocycles. The van der Waals surface area contributed by atoms with E-state index in [0.29, 0.717) is 10.8 Å². The zero-order chi connectivity index (χ0) is 13.5. The van der Waals surface area contributed by atoms with Gasteiger partial charge in [-0.1, -0.05) is 17.7 Å². The van der Waals surface area contributed by atoms with E-state index in [0.717, 1.165) is 29.5 Å². The quantitative estimate of drug-likeness (QED) is 0.909. The van der Waals surface area contributed by atoms with Gasteiger partial charge in [0.2, 0.25) is 0 Å². The first kappa shape index (κ1) is 13.2. The summed E-state index contributed by atoms with van der Waals surface area (Å²) in [5, 5.41) is 9.65. The van der Waals surface area contributed by atoms with E-state index in [2.05, 4.69) is 0 Å². The molecule has 4 heteroatoms. The number of aryl methyl sites for hydroxylation is 2. The van der Waals surface area contributed by atoms with Gasteiger partial charge in [0.05, 0.1) is 18.6 Å². The van der Waals surface area contributed by atoms with Crippen LogP contribution in [0.3, 0.4) is 0 Å². The molecule has 18 heavy (non-hydrogen) atoms. The van der Waals surface area contributed by atoms with Gasteiger partial charge >= 0.3 is 5.97 Å². The van der Waals surface area contributed by atoms with E-state index in [9.17, 15) is 4.79 Å². The van der Waals surface area contributed by atoms with Gasteiger partial charge in [0.1, 0.15) is 5.75 Å². The van der Waals surface area contributed by atoms with Crippen LogP contribution in [0.15, 0.2) is 6.07 Å². The topological polar surface area (TPSA) is 46.5 Å². The fraction of sp³-hybridized carbons (Fsp3) is 0.500. The molecule has 1 aromatic rings. The average Bonchev–Trinajstić information content (AvgIpc) is 3.02. The Bertz CT molecular complexity index is 504. The Morgan fingerprint density at radius 1 is 1.44 bits per heavy atom. The Morgan fingerprint density at radius 3 is 2.50 bits per heavy atom. The van der Waals surface area contributed by atoms with Gasteiger partial charge in [0.25, 0.3) is 0 Å². The van der Waals surface area contributed by atoms with Crippen LogP contribution in [-0.4, -0.2) is 18.2 Å². The lowest BCUT2D eigenvalue weighted by molar-refractivity contribution is -0.137. The molecule has 0 radical (unpaired) electrons. The molecule has 0 unspecified atom stereocenters. The zero-order valence-corrected chi connectivity index (χ0v) is 11.6. The summed E-state index contributed by atoms with van der Waals surface area (Å²) in [6, 6.07) is 2.00. The highest BCUT2D eigenvalue weighted by Crippen LogP contribution is 2.56. The molecular formula is C14H17ClO3. The lowest BCUT2D eigenvalue weighted by Gasteiger charge is -2.22. The highest BCUT2D eigenvalue weighted by molar-refractivity contribution is 6.33. The smallest absolute Gasteiger partial charge is 0.304 e. The Morgan fingerprint density at radius 2 is 2.06 bits per heavy atom. The molecule has 0 saturated heterocycles. The summed E-state index contributed by atoms with van der Waals surface area (Å²) in [7, 11) is 1.58. The highest BCUT2D eigenvalue weighted by Gasteiger charge is 2.49. The van der Waals surface area contributed by atoms with E-state index in [-0.39, 0.29) is 11.8 Å². The molecule has 1 saturated carbocycles. The molecule has 0 aliphatic heterocycles. The van der Waals surface area contributed by atoms with E-state index >= 15 is 0 Å². The standard InChI is InChI=1S/C14H17ClO3/c1-8-6-9(2)12(15)13(18-3)11(8)14(4-5-14)7-10(16)17/h6H,4-5,7H2,1-3H3,(H,16,17). The van der Waals surface area contributed by atoms with Crippen LogP contribution in [0.5, 0.6) is 5.75 Å². The number of methoxy groups -OCH3 is 1. The van der Waals surface area contributed by atoms with Crippen LogP contribution in [0, 0.1) is 13.8 Å². The Labute approximate surface area is 112 Å². The Balaban J connectivity index is 2.57. The number of benzene rings is 1. The molecule has 0 spiro atoms. The predicted molar refractivity (Wildman–Crippen MR) is 70.6 cm³/mol. The van der Waals surface area contributed by atoms with Crippen molar-refractivity contribution in [3.63, 3.8) is 0 Å². The second kappa shape index (κ2) is 4.47. The lowest BCUT2D eigenvalue weighted by atomic mass is 9.87. The highest BCUT2D eigenvalue weighted by atomic mass is 35.5. The predicted octanol–water partition coefficient (Wildman–Crippen LogP) is 3.47. The monoisotopic (exact) mass is 268 g/mol. The third-order valence-corrected chi connectivity index (χ3v) is 4.15. The molecule has 0 atom stereocenters. The molecule has 1 fully saturated rings. The largest absolute Gasteiger partial charge is 0.495 e. The molecule has 0 bridgehead atoms. The van der Waals surface area contributed by atoms with E-state index in [1.165, 1.54) is 0 Å². The summed E-state index contributed by atoms with van der Waals surface area (Å²) in [5.41, 5.74) is 2.72. The first-order valence-corrected chi connectivity index (χ1v) is 6.35. The first-order chi connectivity index (χ1) is 8.41. The Hall–Kier alpha value is -1.22. The van der Waals surface area contributed by atoms with Crippen molar-refractivity contribution in [3.8, 4) is 5.75 Å².